The van der Waals surface area contributed by atoms with Crippen LogP contribution in [0.25, 0.3) is 0 Å². The van der Waals surface area contributed by atoms with Gasteiger partial charge in [-0.2, -0.15) is 0 Å². The Morgan fingerprint density at radius 2 is 1.72 bits per heavy atom. The second-order valence-electron chi connectivity index (χ2n) is 18.5. The molecule has 0 bridgehead atoms. The first-order valence-electron chi connectivity index (χ1n) is 18.6. The summed E-state index contributed by atoms with van der Waals surface area (Å²) in [6.07, 6.45) is 14.1. The van der Waals surface area contributed by atoms with Gasteiger partial charge in [0.2, 0.25) is 0 Å². The average Bonchev–Trinajstić information content (AvgIpc) is 3.22. The molecule has 0 saturated heterocycles. The summed E-state index contributed by atoms with van der Waals surface area (Å²) in [6.45, 7) is 25.1. The first-order chi connectivity index (χ1) is 22.0. The summed E-state index contributed by atoms with van der Waals surface area (Å²) in [5.74, 6) is 3.41. The van der Waals surface area contributed by atoms with Crippen LogP contribution < -0.4 is 9.47 Å². The zero-order chi connectivity index (χ0) is 33.7. The van der Waals surface area contributed by atoms with Gasteiger partial charge >= 0.3 is 0 Å². The molecule has 7 aliphatic rings. The maximum absolute atomic E-state index is 14.5. The van der Waals surface area contributed by atoms with Gasteiger partial charge in [-0.1, -0.05) is 59.8 Å². The molecule has 1 aromatic rings. The van der Waals surface area contributed by atoms with Crippen LogP contribution in [0.5, 0.6) is 11.5 Å². The van der Waals surface area contributed by atoms with E-state index in [2.05, 4.69) is 87.1 Å². The van der Waals surface area contributed by atoms with Gasteiger partial charge in [-0.05, 0) is 123 Å². The molecule has 8 rings (SSSR count). The van der Waals surface area contributed by atoms with Gasteiger partial charge in [0.05, 0.1) is 0 Å². The number of allylic oxidation sites excluding steroid dienone is 3. The predicted octanol–water partition coefficient (Wildman–Crippen LogP) is 10.2. The molecule has 4 nitrogen and oxygen atoms in total. The third-order valence-corrected chi connectivity index (χ3v) is 16.3. The van der Waals surface area contributed by atoms with E-state index in [9.17, 15) is 9.59 Å². The minimum atomic E-state index is -0.543. The number of fused-ring (bicyclic) bond motifs is 8. The van der Waals surface area contributed by atoms with Crippen molar-refractivity contribution in [2.75, 3.05) is 0 Å². The lowest BCUT2D eigenvalue weighted by atomic mass is 9.35. The maximum atomic E-state index is 14.5. The van der Waals surface area contributed by atoms with E-state index in [1.807, 2.05) is 0 Å². The van der Waals surface area contributed by atoms with Crippen LogP contribution in [0, 0.1) is 46.8 Å². The zero-order valence-electron chi connectivity index (χ0n) is 30.5. The predicted molar refractivity (Wildman–Crippen MR) is 187 cm³/mol. The van der Waals surface area contributed by atoms with Crippen LogP contribution in [0.15, 0.2) is 41.5 Å². The number of hydrogen-bond acceptors (Lipinski definition) is 4. The highest BCUT2D eigenvalue weighted by atomic mass is 16.6. The van der Waals surface area contributed by atoms with Crippen molar-refractivity contribution in [1.29, 1.82) is 0 Å². The Hall–Kier alpha value is -2.62. The summed E-state index contributed by atoms with van der Waals surface area (Å²) < 4.78 is 14.8. The number of Topliss-reactive ketones (excluding diaryl/α,β-unsaturated/α-hetero) is 1. The summed E-state index contributed by atoms with van der Waals surface area (Å²) in [5, 5.41) is 0. The molecule has 0 radical (unpaired) electrons. The second-order valence-corrected chi connectivity index (χ2v) is 18.5. The molecule has 4 heteroatoms. The first kappa shape index (κ1) is 31.6. The van der Waals surface area contributed by atoms with Gasteiger partial charge in [0.1, 0.15) is 5.78 Å². The highest BCUT2D eigenvalue weighted by Crippen LogP contribution is 2.74. The summed E-state index contributed by atoms with van der Waals surface area (Å²) in [5.41, 5.74) is 5.36. The van der Waals surface area contributed by atoms with Crippen molar-refractivity contribution in [1.82, 2.24) is 0 Å². The second kappa shape index (κ2) is 9.54. The molecule has 1 heterocycles. The molecule has 4 saturated carbocycles. The molecule has 2 unspecified atom stereocenters. The lowest BCUT2D eigenvalue weighted by Gasteiger charge is -2.69. The van der Waals surface area contributed by atoms with Crippen molar-refractivity contribution >= 4 is 11.6 Å². The fraction of sp³-hybridized carbons (Fsp3) is 0.674. The van der Waals surface area contributed by atoms with E-state index in [0.717, 1.165) is 86.0 Å². The lowest BCUT2D eigenvalue weighted by Crippen LogP contribution is -2.64. The average molecular weight is 637 g/mol. The fourth-order valence-electron chi connectivity index (χ4n) is 12.9. The fourth-order valence-corrected chi connectivity index (χ4v) is 12.9. The first-order valence-corrected chi connectivity index (χ1v) is 18.6. The number of ketones is 2. The zero-order valence-corrected chi connectivity index (χ0v) is 30.5. The summed E-state index contributed by atoms with van der Waals surface area (Å²) in [7, 11) is 0. The van der Waals surface area contributed by atoms with Crippen molar-refractivity contribution in [2.45, 2.75) is 143 Å². The Labute approximate surface area is 282 Å². The summed E-state index contributed by atoms with van der Waals surface area (Å²) in [4.78, 5) is 27.5. The Morgan fingerprint density at radius 3 is 2.45 bits per heavy atom. The number of hydrogen-bond donors (Lipinski definition) is 0. The van der Waals surface area contributed by atoms with E-state index in [-0.39, 0.29) is 33.4 Å². The summed E-state index contributed by atoms with van der Waals surface area (Å²) in [6, 6.07) is 2.23. The third-order valence-electron chi connectivity index (χ3n) is 16.3. The highest BCUT2D eigenvalue weighted by Gasteiger charge is 2.68. The molecular weight excluding hydrogens is 580 g/mol. The Kier molecular flexibility index (Phi) is 6.42. The van der Waals surface area contributed by atoms with E-state index in [0.29, 0.717) is 30.0 Å². The lowest BCUT2D eigenvalue weighted by molar-refractivity contribution is -0.160. The molecule has 4 fully saturated rings. The molecule has 47 heavy (non-hydrogen) atoms. The molecular formula is C43H56O4. The van der Waals surface area contributed by atoms with Gasteiger partial charge in [-0.3, -0.25) is 9.59 Å². The largest absolute Gasteiger partial charge is 0.478 e. The Morgan fingerprint density at radius 1 is 0.979 bits per heavy atom. The van der Waals surface area contributed by atoms with Gasteiger partial charge in [0.15, 0.2) is 28.5 Å². The minimum Gasteiger partial charge on any atom is -0.478 e. The molecule has 0 spiro atoms. The SMILES string of the molecule is C=C(C)C1CCC(C)[C@]23CC=C(C)[C@]2(C1)Oc1cc2c(c(C)c1O3)C(=O)C=C1[C@@]2(C)CC[C@@]2(C)[C@@H]3C[C@@H](C)C(=O)C[C@]3(C)CC[C@]12C. The molecule has 6 aliphatic carbocycles. The van der Waals surface area contributed by atoms with E-state index in [1.165, 1.54) is 16.7 Å². The van der Waals surface area contributed by atoms with E-state index < -0.39 is 11.2 Å². The summed E-state index contributed by atoms with van der Waals surface area (Å²) >= 11 is 0. The number of carbonyl (C=O) groups excluding carboxylic acids is 2. The van der Waals surface area contributed by atoms with Crippen molar-refractivity contribution < 1.29 is 19.1 Å². The van der Waals surface area contributed by atoms with Crippen LogP contribution >= 0.6 is 0 Å². The maximum Gasteiger partial charge on any atom is 0.186 e. The topological polar surface area (TPSA) is 52.6 Å². The standard InChI is InChI=1S/C43H56O4/c1-24(2)29-12-11-26(4)42-14-13-27(5)43(42,22-29)46-33-20-30-36(28(6)37(33)47-42)31(44)21-35-39(30,8)16-18-40(9)34-19-25(3)32(45)23-38(34,7)15-17-41(35,40)10/h13,20-21,25-26,29,34H,1,11-12,14-19,22-23H2,2-10H3/t25-,26?,29?,34-,38+,39+,40+,41-,42-,43+/m1/s1. The van der Waals surface area contributed by atoms with Crippen LogP contribution in [0.3, 0.4) is 0 Å². The van der Waals surface area contributed by atoms with Gasteiger partial charge < -0.3 is 9.47 Å². The number of rotatable bonds is 1. The van der Waals surface area contributed by atoms with Crippen LogP contribution in [-0.2, 0) is 10.2 Å². The van der Waals surface area contributed by atoms with E-state index in [4.69, 9.17) is 9.47 Å². The van der Waals surface area contributed by atoms with Crippen LogP contribution in [-0.4, -0.2) is 22.8 Å². The van der Waals surface area contributed by atoms with Crippen LogP contribution in [0.1, 0.15) is 141 Å². The van der Waals surface area contributed by atoms with Crippen molar-refractivity contribution in [3.8, 4) is 11.5 Å². The smallest absolute Gasteiger partial charge is 0.186 e. The molecule has 1 aliphatic heterocycles. The molecule has 10 atom stereocenters. The quantitative estimate of drug-likeness (QED) is 0.288. The monoisotopic (exact) mass is 636 g/mol. The Balaban J connectivity index is 1.26. The normalized spacial score (nSPS) is 46.4. The van der Waals surface area contributed by atoms with Crippen molar-refractivity contribution in [3.63, 3.8) is 0 Å². The number of carbonyl (C=O) groups is 2. The van der Waals surface area contributed by atoms with Gasteiger partial charge in [-0.15, -0.1) is 0 Å². The molecule has 0 aromatic heterocycles. The number of benzene rings is 1. The van der Waals surface area contributed by atoms with E-state index in [1.54, 1.807) is 0 Å². The van der Waals surface area contributed by atoms with E-state index >= 15 is 0 Å². The number of ether oxygens (including phenoxy) is 2. The van der Waals surface area contributed by atoms with Gasteiger partial charge in [0.25, 0.3) is 0 Å². The van der Waals surface area contributed by atoms with Crippen LogP contribution in [0.4, 0.5) is 0 Å². The van der Waals surface area contributed by atoms with Crippen LogP contribution in [0.2, 0.25) is 0 Å². The van der Waals surface area contributed by atoms with Gasteiger partial charge in [0, 0.05) is 47.6 Å². The third kappa shape index (κ3) is 3.66. The molecule has 0 amide bonds. The molecule has 252 valence electrons. The van der Waals surface area contributed by atoms with Gasteiger partial charge in [-0.25, -0.2) is 0 Å². The van der Waals surface area contributed by atoms with Crippen molar-refractivity contribution in [3.05, 3.63) is 58.2 Å². The highest BCUT2D eigenvalue weighted by molar-refractivity contribution is 6.10. The van der Waals surface area contributed by atoms with Crippen molar-refractivity contribution in [2.24, 2.45) is 39.9 Å². The Bertz CT molecular complexity index is 1710. The molecule has 0 N–H and O–H groups in total. The molecule has 1 aromatic carbocycles. The minimum absolute atomic E-state index is 0.0271.